The van der Waals surface area contributed by atoms with Crippen LogP contribution in [-0.2, 0) is 0 Å². The summed E-state index contributed by atoms with van der Waals surface area (Å²) in [6.07, 6.45) is 0. The molecule has 0 aliphatic rings. The Labute approximate surface area is 100 Å². The van der Waals surface area contributed by atoms with E-state index in [-0.39, 0.29) is 13.2 Å². The van der Waals surface area contributed by atoms with E-state index in [0.29, 0.717) is 17.0 Å². The van der Waals surface area contributed by atoms with Gasteiger partial charge in [0.05, 0.1) is 37.1 Å². The number of ether oxygens (including phenoxy) is 1. The number of rotatable bonds is 5. The van der Waals surface area contributed by atoms with Crippen LogP contribution in [0.3, 0.4) is 0 Å². The molecule has 0 unspecified atom stereocenters. The van der Waals surface area contributed by atoms with Crippen molar-refractivity contribution in [3.63, 3.8) is 0 Å². The second-order valence-corrected chi connectivity index (χ2v) is 4.03. The van der Waals surface area contributed by atoms with Gasteiger partial charge in [0.15, 0.2) is 0 Å². The Balaban J connectivity index is 3.07. The third-order valence-corrected chi connectivity index (χ3v) is 2.48. The summed E-state index contributed by atoms with van der Waals surface area (Å²) in [7, 11) is 1.53. The first-order chi connectivity index (χ1) is 8.08. The number of hydrogen-bond donors (Lipinski definition) is 3. The third-order valence-electron chi connectivity index (χ3n) is 2.48. The summed E-state index contributed by atoms with van der Waals surface area (Å²) in [5, 5.41) is 30.3. The predicted octanol–water partition coefficient (Wildman–Crippen LogP) is 0.722. The minimum absolute atomic E-state index is 0.244. The molecule has 0 bridgehead atoms. The van der Waals surface area contributed by atoms with Crippen LogP contribution in [0.2, 0.25) is 0 Å². The molecule has 1 aromatic carbocycles. The zero-order valence-electron chi connectivity index (χ0n) is 9.90. The third kappa shape index (κ3) is 3.09. The largest absolute Gasteiger partial charge is 0.497 e. The van der Waals surface area contributed by atoms with E-state index in [1.807, 2.05) is 6.07 Å². The van der Waals surface area contributed by atoms with Crippen molar-refractivity contribution in [3.05, 3.63) is 23.8 Å². The van der Waals surface area contributed by atoms with Crippen molar-refractivity contribution >= 4 is 5.69 Å². The van der Waals surface area contributed by atoms with Gasteiger partial charge in [-0.25, -0.2) is 0 Å². The van der Waals surface area contributed by atoms with E-state index in [4.69, 9.17) is 10.00 Å². The Hall–Kier alpha value is -1.77. The fourth-order valence-corrected chi connectivity index (χ4v) is 1.31. The fourth-order valence-electron chi connectivity index (χ4n) is 1.31. The number of nitrogens with one attached hydrogen (secondary N) is 1. The van der Waals surface area contributed by atoms with E-state index in [1.54, 1.807) is 25.1 Å². The van der Waals surface area contributed by atoms with Crippen LogP contribution in [0.4, 0.5) is 5.69 Å². The summed E-state index contributed by atoms with van der Waals surface area (Å²) in [6.45, 7) is 1.17. The predicted molar refractivity (Wildman–Crippen MR) is 63.9 cm³/mol. The van der Waals surface area contributed by atoms with Crippen LogP contribution in [0.5, 0.6) is 5.75 Å². The van der Waals surface area contributed by atoms with Gasteiger partial charge in [-0.15, -0.1) is 0 Å². The summed E-state index contributed by atoms with van der Waals surface area (Å²) in [4.78, 5) is 0. The molecular formula is C12H16N2O3. The normalized spacial score (nSPS) is 10.8. The first kappa shape index (κ1) is 13.3. The molecule has 0 saturated carbocycles. The van der Waals surface area contributed by atoms with Crippen molar-refractivity contribution in [2.45, 2.75) is 12.5 Å². The van der Waals surface area contributed by atoms with Crippen LogP contribution in [0.1, 0.15) is 12.5 Å². The number of anilines is 1. The zero-order chi connectivity index (χ0) is 12.9. The molecule has 0 aromatic heterocycles. The lowest BCUT2D eigenvalue weighted by atomic mass is 10.0. The summed E-state index contributed by atoms with van der Waals surface area (Å²) < 4.78 is 5.06. The molecule has 1 rings (SSSR count). The second-order valence-electron chi connectivity index (χ2n) is 4.03. The molecule has 0 aliphatic heterocycles. The lowest BCUT2D eigenvalue weighted by Gasteiger charge is -2.28. The van der Waals surface area contributed by atoms with E-state index in [9.17, 15) is 10.2 Å². The van der Waals surface area contributed by atoms with Crippen LogP contribution < -0.4 is 10.1 Å². The molecule has 0 atom stereocenters. The molecule has 0 spiro atoms. The highest BCUT2D eigenvalue weighted by molar-refractivity contribution is 5.61. The van der Waals surface area contributed by atoms with Gasteiger partial charge in [0.2, 0.25) is 0 Å². The van der Waals surface area contributed by atoms with Crippen molar-refractivity contribution < 1.29 is 14.9 Å². The minimum Gasteiger partial charge on any atom is -0.497 e. The molecule has 3 N–H and O–H groups in total. The maximum Gasteiger partial charge on any atom is 0.121 e. The van der Waals surface area contributed by atoms with Crippen LogP contribution in [0.25, 0.3) is 0 Å². The van der Waals surface area contributed by atoms with Crippen molar-refractivity contribution in [3.8, 4) is 11.8 Å². The molecule has 0 amide bonds. The number of nitriles is 1. The van der Waals surface area contributed by atoms with Crippen molar-refractivity contribution in [1.82, 2.24) is 0 Å². The molecule has 0 aliphatic carbocycles. The van der Waals surface area contributed by atoms with Gasteiger partial charge in [-0.1, -0.05) is 0 Å². The smallest absolute Gasteiger partial charge is 0.121 e. The number of nitrogens with zero attached hydrogens (tertiary/aromatic N) is 1. The van der Waals surface area contributed by atoms with Gasteiger partial charge < -0.3 is 20.3 Å². The van der Waals surface area contributed by atoms with Crippen LogP contribution in [0, 0.1) is 11.3 Å². The topological polar surface area (TPSA) is 85.5 Å². The number of methoxy groups -OCH3 is 1. The number of hydrogen-bond acceptors (Lipinski definition) is 5. The van der Waals surface area contributed by atoms with Crippen molar-refractivity contribution in [2.75, 3.05) is 25.6 Å². The standard InChI is InChI=1S/C12H16N2O3/c1-12(7-15,8-16)14-11-5-10(17-2)4-3-9(11)6-13/h3-5,14-16H,7-8H2,1-2H3. The maximum atomic E-state index is 9.20. The molecule has 1 aromatic rings. The average Bonchev–Trinajstić information content (AvgIpc) is 2.38. The lowest BCUT2D eigenvalue weighted by molar-refractivity contribution is 0.147. The van der Waals surface area contributed by atoms with Gasteiger partial charge in [0.25, 0.3) is 0 Å². The Morgan fingerprint density at radius 2 is 2.06 bits per heavy atom. The SMILES string of the molecule is COc1ccc(C#N)c(NC(C)(CO)CO)c1. The lowest BCUT2D eigenvalue weighted by Crippen LogP contribution is -2.42. The van der Waals surface area contributed by atoms with Gasteiger partial charge in [0.1, 0.15) is 11.8 Å². The molecular weight excluding hydrogens is 220 g/mol. The second kappa shape index (κ2) is 5.53. The molecule has 92 valence electrons. The number of aliphatic hydroxyl groups excluding tert-OH is 2. The summed E-state index contributed by atoms with van der Waals surface area (Å²) in [5.41, 5.74) is 0.0780. The molecule has 0 radical (unpaired) electrons. The van der Waals surface area contributed by atoms with Gasteiger partial charge in [-0.3, -0.25) is 0 Å². The Morgan fingerprint density at radius 3 is 2.53 bits per heavy atom. The quantitative estimate of drug-likeness (QED) is 0.701. The molecule has 5 nitrogen and oxygen atoms in total. The Kier molecular flexibility index (Phi) is 4.32. The van der Waals surface area contributed by atoms with E-state index in [1.165, 1.54) is 7.11 Å². The van der Waals surface area contributed by atoms with Gasteiger partial charge in [0, 0.05) is 6.07 Å². The van der Waals surface area contributed by atoms with Gasteiger partial charge >= 0.3 is 0 Å². The Morgan fingerprint density at radius 1 is 1.41 bits per heavy atom. The van der Waals surface area contributed by atoms with Gasteiger partial charge in [-0.2, -0.15) is 5.26 Å². The van der Waals surface area contributed by atoms with E-state index < -0.39 is 5.54 Å². The highest BCUT2D eigenvalue weighted by atomic mass is 16.5. The molecule has 17 heavy (non-hydrogen) atoms. The summed E-state index contributed by atoms with van der Waals surface area (Å²) in [6, 6.07) is 6.99. The minimum atomic E-state index is -0.877. The van der Waals surface area contributed by atoms with E-state index in [0.717, 1.165) is 0 Å². The molecule has 0 heterocycles. The monoisotopic (exact) mass is 236 g/mol. The molecule has 0 saturated heterocycles. The maximum absolute atomic E-state index is 9.20. The van der Waals surface area contributed by atoms with Crippen molar-refractivity contribution in [2.24, 2.45) is 0 Å². The number of benzene rings is 1. The first-order valence-electron chi connectivity index (χ1n) is 5.16. The van der Waals surface area contributed by atoms with Crippen LogP contribution in [0.15, 0.2) is 18.2 Å². The first-order valence-corrected chi connectivity index (χ1v) is 5.16. The van der Waals surface area contributed by atoms with Gasteiger partial charge in [-0.05, 0) is 19.1 Å². The zero-order valence-corrected chi connectivity index (χ0v) is 9.90. The summed E-state index contributed by atoms with van der Waals surface area (Å²) in [5.74, 6) is 0.602. The number of aliphatic hydroxyl groups is 2. The van der Waals surface area contributed by atoms with E-state index >= 15 is 0 Å². The van der Waals surface area contributed by atoms with Crippen LogP contribution >= 0.6 is 0 Å². The Bertz CT molecular complexity index is 422. The highest BCUT2D eigenvalue weighted by Gasteiger charge is 2.23. The molecule has 5 heteroatoms. The van der Waals surface area contributed by atoms with Crippen LogP contribution in [-0.4, -0.2) is 36.1 Å². The fraction of sp³-hybridized carbons (Fsp3) is 0.417. The molecule has 0 fully saturated rings. The summed E-state index contributed by atoms with van der Waals surface area (Å²) >= 11 is 0. The van der Waals surface area contributed by atoms with E-state index in [2.05, 4.69) is 5.32 Å². The highest BCUT2D eigenvalue weighted by Crippen LogP contribution is 2.24. The average molecular weight is 236 g/mol. The van der Waals surface area contributed by atoms with Crippen molar-refractivity contribution in [1.29, 1.82) is 5.26 Å².